The first-order valence-electron chi connectivity index (χ1n) is 7.92. The summed E-state index contributed by atoms with van der Waals surface area (Å²) in [6.45, 7) is -1.07. The SMILES string of the molecule is CC(NC(=O)C1CC(c2cccs2)NN1)c1cccc(OC(F)F)c1. The van der Waals surface area contributed by atoms with Gasteiger partial charge >= 0.3 is 6.61 Å². The second kappa shape index (κ2) is 7.90. The molecule has 1 amide bonds. The molecule has 0 radical (unpaired) electrons. The molecule has 134 valence electrons. The van der Waals surface area contributed by atoms with Gasteiger partial charge in [-0.2, -0.15) is 8.78 Å². The second-order valence-electron chi connectivity index (χ2n) is 5.83. The van der Waals surface area contributed by atoms with E-state index in [0.29, 0.717) is 12.0 Å². The lowest BCUT2D eigenvalue weighted by Gasteiger charge is -2.18. The molecule has 0 aliphatic carbocycles. The Kier molecular flexibility index (Phi) is 5.62. The third kappa shape index (κ3) is 4.53. The molecule has 0 bridgehead atoms. The molecule has 3 rings (SSSR count). The van der Waals surface area contributed by atoms with Gasteiger partial charge in [0, 0.05) is 4.88 Å². The van der Waals surface area contributed by atoms with E-state index in [1.54, 1.807) is 30.4 Å². The van der Waals surface area contributed by atoms with Gasteiger partial charge in [-0.3, -0.25) is 4.79 Å². The minimum atomic E-state index is -2.87. The third-order valence-electron chi connectivity index (χ3n) is 4.05. The fourth-order valence-electron chi connectivity index (χ4n) is 2.76. The lowest BCUT2D eigenvalue weighted by Crippen LogP contribution is -2.43. The number of nitrogens with one attached hydrogen (secondary N) is 3. The summed E-state index contributed by atoms with van der Waals surface area (Å²) in [7, 11) is 0. The van der Waals surface area contributed by atoms with Gasteiger partial charge in [0.05, 0.1) is 12.1 Å². The van der Waals surface area contributed by atoms with Gasteiger partial charge < -0.3 is 10.1 Å². The smallest absolute Gasteiger partial charge is 0.387 e. The highest BCUT2D eigenvalue weighted by atomic mass is 32.1. The van der Waals surface area contributed by atoms with Gasteiger partial charge in [-0.15, -0.1) is 11.3 Å². The number of amides is 1. The Morgan fingerprint density at radius 2 is 2.16 bits per heavy atom. The Hall–Kier alpha value is -2.03. The largest absolute Gasteiger partial charge is 0.435 e. The molecular weight excluding hydrogens is 348 g/mol. The van der Waals surface area contributed by atoms with Crippen LogP contribution in [0.2, 0.25) is 0 Å². The zero-order valence-corrected chi connectivity index (χ0v) is 14.4. The van der Waals surface area contributed by atoms with E-state index >= 15 is 0 Å². The molecule has 8 heteroatoms. The van der Waals surface area contributed by atoms with Crippen LogP contribution in [0.3, 0.4) is 0 Å². The number of hydrogen-bond donors (Lipinski definition) is 3. The molecular formula is C17H19F2N3O2S. The zero-order valence-electron chi connectivity index (χ0n) is 13.5. The third-order valence-corrected chi connectivity index (χ3v) is 5.03. The van der Waals surface area contributed by atoms with Crippen molar-refractivity contribution < 1.29 is 18.3 Å². The van der Waals surface area contributed by atoms with Gasteiger partial charge in [-0.1, -0.05) is 18.2 Å². The number of hydrazine groups is 1. The van der Waals surface area contributed by atoms with Gasteiger partial charge in [0.25, 0.3) is 0 Å². The van der Waals surface area contributed by atoms with Crippen molar-refractivity contribution in [3.05, 3.63) is 52.2 Å². The molecule has 1 aliphatic heterocycles. The number of carbonyl (C=O) groups is 1. The highest BCUT2D eigenvalue weighted by molar-refractivity contribution is 7.10. The molecule has 3 unspecified atom stereocenters. The van der Waals surface area contributed by atoms with Crippen LogP contribution in [-0.2, 0) is 4.79 Å². The van der Waals surface area contributed by atoms with Crippen molar-refractivity contribution in [1.82, 2.24) is 16.2 Å². The van der Waals surface area contributed by atoms with E-state index in [0.717, 1.165) is 0 Å². The van der Waals surface area contributed by atoms with E-state index < -0.39 is 6.61 Å². The van der Waals surface area contributed by atoms with Crippen molar-refractivity contribution in [1.29, 1.82) is 0 Å². The molecule has 3 N–H and O–H groups in total. The van der Waals surface area contributed by atoms with Crippen LogP contribution in [0.1, 0.15) is 35.9 Å². The van der Waals surface area contributed by atoms with E-state index in [1.165, 1.54) is 17.0 Å². The maximum Gasteiger partial charge on any atom is 0.387 e. The Bertz CT molecular complexity index is 712. The molecule has 0 saturated carbocycles. The summed E-state index contributed by atoms with van der Waals surface area (Å²) in [5.41, 5.74) is 6.84. The van der Waals surface area contributed by atoms with E-state index in [1.807, 2.05) is 17.5 Å². The Morgan fingerprint density at radius 1 is 1.32 bits per heavy atom. The molecule has 1 aromatic carbocycles. The zero-order chi connectivity index (χ0) is 17.8. The number of benzene rings is 1. The summed E-state index contributed by atoms with van der Waals surface area (Å²) in [6.07, 6.45) is 0.646. The van der Waals surface area contributed by atoms with Crippen LogP contribution < -0.4 is 20.9 Å². The van der Waals surface area contributed by atoms with Crippen molar-refractivity contribution in [2.45, 2.75) is 38.1 Å². The van der Waals surface area contributed by atoms with Gasteiger partial charge in [0.1, 0.15) is 11.8 Å². The first-order chi connectivity index (χ1) is 12.0. The van der Waals surface area contributed by atoms with Crippen molar-refractivity contribution in [3.63, 3.8) is 0 Å². The summed E-state index contributed by atoms with van der Waals surface area (Å²) in [4.78, 5) is 13.6. The lowest BCUT2D eigenvalue weighted by atomic mass is 10.1. The second-order valence-corrected chi connectivity index (χ2v) is 6.81. The van der Waals surface area contributed by atoms with Gasteiger partial charge in [0.2, 0.25) is 5.91 Å². The average molecular weight is 367 g/mol. The number of halogens is 2. The normalized spacial score (nSPS) is 21.3. The van der Waals surface area contributed by atoms with Crippen molar-refractivity contribution in [2.24, 2.45) is 0 Å². The summed E-state index contributed by atoms with van der Waals surface area (Å²) < 4.78 is 29.0. The molecule has 2 aromatic rings. The van der Waals surface area contributed by atoms with Gasteiger partial charge in [0.15, 0.2) is 0 Å². The Labute approximate surface area is 148 Å². The van der Waals surface area contributed by atoms with Crippen LogP contribution in [0.5, 0.6) is 5.75 Å². The summed E-state index contributed by atoms with van der Waals surface area (Å²) in [5.74, 6) is -0.0637. The fraction of sp³-hybridized carbons (Fsp3) is 0.353. The molecule has 3 atom stereocenters. The number of rotatable bonds is 6. The molecule has 0 spiro atoms. The van der Waals surface area contributed by atoms with Gasteiger partial charge in [-0.25, -0.2) is 10.9 Å². The number of hydrogen-bond acceptors (Lipinski definition) is 5. The fourth-order valence-corrected chi connectivity index (χ4v) is 3.55. The molecule has 1 aliphatic rings. The van der Waals surface area contributed by atoms with Crippen LogP contribution in [0.25, 0.3) is 0 Å². The van der Waals surface area contributed by atoms with Crippen molar-refractivity contribution in [3.8, 4) is 5.75 Å². The monoisotopic (exact) mass is 367 g/mol. The summed E-state index contributed by atoms with van der Waals surface area (Å²) in [6, 6.07) is 9.79. The summed E-state index contributed by atoms with van der Waals surface area (Å²) in [5, 5.41) is 4.90. The molecule has 1 aromatic heterocycles. The standard InChI is InChI=1S/C17H19F2N3O2S/c1-10(11-4-2-5-12(8-11)24-17(18)19)20-16(23)14-9-13(21-22-14)15-6-3-7-25-15/h2-8,10,13-14,17,21-22H,9H2,1H3,(H,20,23). The van der Waals surface area contributed by atoms with Crippen LogP contribution >= 0.6 is 11.3 Å². The van der Waals surface area contributed by atoms with E-state index in [-0.39, 0.29) is 29.8 Å². The number of ether oxygens (including phenoxy) is 1. The van der Waals surface area contributed by atoms with Crippen molar-refractivity contribution >= 4 is 17.2 Å². The topological polar surface area (TPSA) is 62.4 Å². The summed E-state index contributed by atoms with van der Waals surface area (Å²) >= 11 is 1.64. The first kappa shape index (κ1) is 17.8. The highest BCUT2D eigenvalue weighted by Crippen LogP contribution is 2.26. The maximum atomic E-state index is 12.4. The van der Waals surface area contributed by atoms with Crippen molar-refractivity contribution in [2.75, 3.05) is 0 Å². The quantitative estimate of drug-likeness (QED) is 0.734. The Morgan fingerprint density at radius 3 is 2.88 bits per heavy atom. The van der Waals surface area contributed by atoms with Crippen LogP contribution in [0.15, 0.2) is 41.8 Å². The first-order valence-corrected chi connectivity index (χ1v) is 8.80. The van der Waals surface area contributed by atoms with Crippen LogP contribution in [-0.4, -0.2) is 18.6 Å². The highest BCUT2D eigenvalue weighted by Gasteiger charge is 2.31. The van der Waals surface area contributed by atoms with E-state index in [4.69, 9.17) is 0 Å². The minimum absolute atomic E-state index is 0.0759. The predicted molar refractivity (Wildman–Crippen MR) is 91.4 cm³/mol. The molecule has 1 saturated heterocycles. The van der Waals surface area contributed by atoms with Gasteiger partial charge in [-0.05, 0) is 42.5 Å². The van der Waals surface area contributed by atoms with E-state index in [9.17, 15) is 13.6 Å². The molecule has 1 fully saturated rings. The predicted octanol–water partition coefficient (Wildman–Crippen LogP) is 3.13. The average Bonchev–Trinajstić information content (AvgIpc) is 3.25. The van der Waals surface area contributed by atoms with Crippen LogP contribution in [0.4, 0.5) is 8.78 Å². The molecule has 2 heterocycles. The number of alkyl halides is 2. The maximum absolute atomic E-state index is 12.4. The van der Waals surface area contributed by atoms with E-state index in [2.05, 4.69) is 20.9 Å². The van der Waals surface area contributed by atoms with Crippen LogP contribution in [0, 0.1) is 0 Å². The lowest BCUT2D eigenvalue weighted by molar-refractivity contribution is -0.123. The minimum Gasteiger partial charge on any atom is -0.435 e. The number of thiophene rings is 1. The number of carbonyl (C=O) groups excluding carboxylic acids is 1. The molecule has 25 heavy (non-hydrogen) atoms. The Balaban J connectivity index is 1.57. The molecule has 5 nitrogen and oxygen atoms in total.